The Kier molecular flexibility index (Phi) is 5.62. The second-order valence-corrected chi connectivity index (χ2v) is 5.52. The van der Waals surface area contributed by atoms with Gasteiger partial charge >= 0.3 is 0 Å². The molecule has 0 spiro atoms. The molecule has 0 saturated carbocycles. The number of nitrogens with one attached hydrogen (secondary N) is 1. The first-order valence-corrected chi connectivity index (χ1v) is 7.77. The van der Waals surface area contributed by atoms with E-state index in [0.29, 0.717) is 0 Å². The predicted molar refractivity (Wildman–Crippen MR) is 92.8 cm³/mol. The molecule has 0 amide bonds. The highest BCUT2D eigenvalue weighted by molar-refractivity contribution is 5.53. The van der Waals surface area contributed by atoms with Crippen LogP contribution in [0.2, 0.25) is 0 Å². The Morgan fingerprint density at radius 1 is 0.952 bits per heavy atom. The first-order chi connectivity index (χ1) is 10.2. The zero-order chi connectivity index (χ0) is 15.1. The van der Waals surface area contributed by atoms with Gasteiger partial charge in [0, 0.05) is 5.69 Å². The summed E-state index contributed by atoms with van der Waals surface area (Å²) in [5, 5.41) is 3.16. The zero-order valence-corrected chi connectivity index (χ0v) is 13.2. The van der Waals surface area contributed by atoms with Crippen LogP contribution in [0.25, 0.3) is 0 Å². The lowest BCUT2D eigenvalue weighted by Gasteiger charge is -2.08. The molecule has 0 heterocycles. The van der Waals surface area contributed by atoms with Gasteiger partial charge in [0.1, 0.15) is 0 Å². The molecule has 2 rings (SSSR count). The highest BCUT2D eigenvalue weighted by atomic mass is 14.8. The largest absolute Gasteiger partial charge is 0.362 e. The molecule has 21 heavy (non-hydrogen) atoms. The van der Waals surface area contributed by atoms with Crippen molar-refractivity contribution in [3.05, 3.63) is 77.5 Å². The van der Waals surface area contributed by atoms with Crippen molar-refractivity contribution >= 4 is 5.69 Å². The van der Waals surface area contributed by atoms with Gasteiger partial charge in [0.2, 0.25) is 0 Å². The SMILES string of the molecule is C=CNc1ccc(CCCc2ccc(CC)cc2)cc1C. The first kappa shape index (κ1) is 15.4. The Balaban J connectivity index is 1.87. The molecule has 0 aliphatic rings. The Labute approximate surface area is 128 Å². The van der Waals surface area contributed by atoms with Crippen LogP contribution >= 0.6 is 0 Å². The van der Waals surface area contributed by atoms with E-state index < -0.39 is 0 Å². The van der Waals surface area contributed by atoms with Gasteiger partial charge in [-0.1, -0.05) is 49.9 Å². The average Bonchev–Trinajstić information content (AvgIpc) is 2.51. The number of rotatable bonds is 7. The Morgan fingerprint density at radius 2 is 1.57 bits per heavy atom. The van der Waals surface area contributed by atoms with Gasteiger partial charge in [0.25, 0.3) is 0 Å². The first-order valence-electron chi connectivity index (χ1n) is 7.77. The molecule has 2 aromatic carbocycles. The molecular weight excluding hydrogens is 254 g/mol. The van der Waals surface area contributed by atoms with E-state index in [1.54, 1.807) is 6.20 Å². The van der Waals surface area contributed by atoms with E-state index in [9.17, 15) is 0 Å². The number of anilines is 1. The molecule has 0 atom stereocenters. The standard InChI is InChI=1S/C20H25N/c1-4-17-9-11-18(12-10-17)7-6-8-19-13-14-20(21-5-2)16(3)15-19/h5,9-15,21H,2,4,6-8H2,1,3H3. The Morgan fingerprint density at radius 3 is 2.19 bits per heavy atom. The van der Waals surface area contributed by atoms with Gasteiger partial charge in [-0.2, -0.15) is 0 Å². The fourth-order valence-electron chi connectivity index (χ4n) is 2.59. The fourth-order valence-corrected chi connectivity index (χ4v) is 2.59. The van der Waals surface area contributed by atoms with Crippen LogP contribution in [0.3, 0.4) is 0 Å². The van der Waals surface area contributed by atoms with Crippen LogP contribution in [0.4, 0.5) is 5.69 Å². The molecule has 0 aliphatic carbocycles. The minimum atomic E-state index is 1.12. The van der Waals surface area contributed by atoms with Gasteiger partial charge in [-0.05, 0) is 67.1 Å². The third-order valence-electron chi connectivity index (χ3n) is 3.91. The van der Waals surface area contributed by atoms with Crippen molar-refractivity contribution in [3.63, 3.8) is 0 Å². The van der Waals surface area contributed by atoms with Crippen molar-refractivity contribution in [3.8, 4) is 0 Å². The highest BCUT2D eigenvalue weighted by Crippen LogP contribution is 2.18. The van der Waals surface area contributed by atoms with Crippen LogP contribution in [0.5, 0.6) is 0 Å². The van der Waals surface area contributed by atoms with Crippen molar-refractivity contribution in [2.24, 2.45) is 0 Å². The maximum absolute atomic E-state index is 3.70. The summed E-state index contributed by atoms with van der Waals surface area (Å²) in [6.07, 6.45) is 6.31. The summed E-state index contributed by atoms with van der Waals surface area (Å²) in [7, 11) is 0. The smallest absolute Gasteiger partial charge is 0.0409 e. The third-order valence-corrected chi connectivity index (χ3v) is 3.91. The van der Waals surface area contributed by atoms with E-state index in [2.05, 4.69) is 68.2 Å². The number of benzene rings is 2. The quantitative estimate of drug-likeness (QED) is 0.726. The molecule has 2 aromatic rings. The summed E-state index contributed by atoms with van der Waals surface area (Å²) >= 11 is 0. The van der Waals surface area contributed by atoms with Crippen LogP contribution < -0.4 is 5.32 Å². The lowest BCUT2D eigenvalue weighted by Crippen LogP contribution is -1.94. The Bertz CT molecular complexity index is 581. The van der Waals surface area contributed by atoms with Crippen LogP contribution in [0.15, 0.2) is 55.2 Å². The zero-order valence-electron chi connectivity index (χ0n) is 13.2. The second kappa shape index (κ2) is 7.68. The number of aryl methyl sites for hydroxylation is 4. The van der Waals surface area contributed by atoms with Crippen LogP contribution in [-0.2, 0) is 19.3 Å². The summed E-state index contributed by atoms with van der Waals surface area (Å²) in [6.45, 7) is 8.04. The number of hydrogen-bond acceptors (Lipinski definition) is 1. The summed E-state index contributed by atoms with van der Waals surface area (Å²) in [6, 6.07) is 15.6. The molecule has 0 bridgehead atoms. The van der Waals surface area contributed by atoms with Gasteiger partial charge in [-0.25, -0.2) is 0 Å². The predicted octanol–water partition coefficient (Wildman–Crippen LogP) is 5.29. The lowest BCUT2D eigenvalue weighted by molar-refractivity contribution is 0.819. The van der Waals surface area contributed by atoms with Crippen LogP contribution in [0, 0.1) is 6.92 Å². The van der Waals surface area contributed by atoms with E-state index in [4.69, 9.17) is 0 Å². The minimum absolute atomic E-state index is 1.12. The van der Waals surface area contributed by atoms with Gasteiger partial charge in [0.15, 0.2) is 0 Å². The van der Waals surface area contributed by atoms with E-state index >= 15 is 0 Å². The Hall–Kier alpha value is -2.02. The summed E-state index contributed by atoms with van der Waals surface area (Å²) in [5.41, 5.74) is 6.68. The molecule has 1 N–H and O–H groups in total. The molecule has 0 radical (unpaired) electrons. The molecule has 1 heteroatoms. The van der Waals surface area contributed by atoms with Crippen molar-refractivity contribution in [1.29, 1.82) is 0 Å². The summed E-state index contributed by atoms with van der Waals surface area (Å²) in [5.74, 6) is 0. The molecule has 110 valence electrons. The normalized spacial score (nSPS) is 10.4. The monoisotopic (exact) mass is 279 g/mol. The van der Waals surface area contributed by atoms with Gasteiger partial charge in [0.05, 0.1) is 0 Å². The summed E-state index contributed by atoms with van der Waals surface area (Å²) in [4.78, 5) is 0. The van der Waals surface area contributed by atoms with Gasteiger partial charge < -0.3 is 5.32 Å². The molecule has 0 fully saturated rings. The third kappa shape index (κ3) is 4.49. The van der Waals surface area contributed by atoms with E-state index in [0.717, 1.165) is 24.9 Å². The van der Waals surface area contributed by atoms with E-state index in [1.807, 2.05) is 0 Å². The van der Waals surface area contributed by atoms with Crippen molar-refractivity contribution in [2.75, 3.05) is 5.32 Å². The lowest BCUT2D eigenvalue weighted by atomic mass is 10.0. The topological polar surface area (TPSA) is 12.0 Å². The number of hydrogen-bond donors (Lipinski definition) is 1. The molecular formula is C20H25N. The minimum Gasteiger partial charge on any atom is -0.362 e. The highest BCUT2D eigenvalue weighted by Gasteiger charge is 2.00. The maximum Gasteiger partial charge on any atom is 0.0409 e. The van der Waals surface area contributed by atoms with Crippen LogP contribution in [0.1, 0.15) is 35.6 Å². The molecule has 1 nitrogen and oxygen atoms in total. The van der Waals surface area contributed by atoms with Gasteiger partial charge in [-0.15, -0.1) is 0 Å². The average molecular weight is 279 g/mol. The van der Waals surface area contributed by atoms with E-state index in [-0.39, 0.29) is 0 Å². The molecule has 0 saturated heterocycles. The van der Waals surface area contributed by atoms with Gasteiger partial charge in [-0.3, -0.25) is 0 Å². The molecule has 0 unspecified atom stereocenters. The summed E-state index contributed by atoms with van der Waals surface area (Å²) < 4.78 is 0. The fraction of sp³-hybridized carbons (Fsp3) is 0.300. The van der Waals surface area contributed by atoms with Crippen molar-refractivity contribution in [2.45, 2.75) is 39.5 Å². The van der Waals surface area contributed by atoms with Crippen molar-refractivity contribution in [1.82, 2.24) is 0 Å². The molecule has 0 aliphatic heterocycles. The van der Waals surface area contributed by atoms with Crippen molar-refractivity contribution < 1.29 is 0 Å². The second-order valence-electron chi connectivity index (χ2n) is 5.52. The van der Waals surface area contributed by atoms with Crippen LogP contribution in [-0.4, -0.2) is 0 Å². The van der Waals surface area contributed by atoms with E-state index in [1.165, 1.54) is 28.7 Å². The maximum atomic E-state index is 3.70. The molecule has 0 aromatic heterocycles.